The number of aliphatic hydroxyl groups excluding tert-OH is 1. The van der Waals surface area contributed by atoms with Gasteiger partial charge in [-0.05, 0) is 30.0 Å². The maximum absolute atomic E-state index is 10.0. The molecule has 3 N–H and O–H groups in total. The van der Waals surface area contributed by atoms with Crippen LogP contribution in [0.5, 0.6) is 5.75 Å². The minimum absolute atomic E-state index is 0.103. The van der Waals surface area contributed by atoms with Crippen molar-refractivity contribution < 1.29 is 9.84 Å². The van der Waals surface area contributed by atoms with Crippen LogP contribution in [0.3, 0.4) is 0 Å². The number of rotatable bonds is 6. The lowest BCUT2D eigenvalue weighted by Gasteiger charge is -2.18. The quantitative estimate of drug-likeness (QED) is 0.789. The summed E-state index contributed by atoms with van der Waals surface area (Å²) in [5.74, 6) is 1.58. The van der Waals surface area contributed by atoms with Crippen LogP contribution >= 0.6 is 0 Å². The van der Waals surface area contributed by atoms with Gasteiger partial charge in [0.15, 0.2) is 0 Å². The van der Waals surface area contributed by atoms with Crippen LogP contribution in [0.2, 0.25) is 0 Å². The van der Waals surface area contributed by atoms with Crippen molar-refractivity contribution in [3.63, 3.8) is 0 Å². The van der Waals surface area contributed by atoms with E-state index in [1.54, 1.807) is 7.11 Å². The Labute approximate surface area is 103 Å². The molecule has 3 nitrogen and oxygen atoms in total. The SMILES string of the molecule is COc1cccc(CC(O)C(N)CC2CC2)c1. The second-order valence-corrected chi connectivity index (χ2v) is 4.97. The number of aliphatic hydroxyl groups is 1. The molecule has 0 bridgehead atoms. The molecule has 1 aliphatic carbocycles. The van der Waals surface area contributed by atoms with E-state index in [1.807, 2.05) is 24.3 Å². The maximum atomic E-state index is 10.0. The van der Waals surface area contributed by atoms with E-state index in [1.165, 1.54) is 12.8 Å². The lowest BCUT2D eigenvalue weighted by atomic mass is 9.98. The van der Waals surface area contributed by atoms with Crippen molar-refractivity contribution in [3.05, 3.63) is 29.8 Å². The molecular weight excluding hydrogens is 214 g/mol. The summed E-state index contributed by atoms with van der Waals surface area (Å²) in [4.78, 5) is 0. The number of hydrogen-bond acceptors (Lipinski definition) is 3. The minimum atomic E-state index is -0.456. The highest BCUT2D eigenvalue weighted by Gasteiger charge is 2.27. The summed E-state index contributed by atoms with van der Waals surface area (Å²) in [5, 5.41) is 10.0. The van der Waals surface area contributed by atoms with Crippen LogP contribution in [0.4, 0.5) is 0 Å². The van der Waals surface area contributed by atoms with Crippen molar-refractivity contribution in [2.75, 3.05) is 7.11 Å². The highest BCUT2D eigenvalue weighted by molar-refractivity contribution is 5.28. The van der Waals surface area contributed by atoms with Crippen molar-refractivity contribution in [2.24, 2.45) is 11.7 Å². The summed E-state index contributed by atoms with van der Waals surface area (Å²) in [7, 11) is 1.65. The highest BCUT2D eigenvalue weighted by Crippen LogP contribution is 2.33. The normalized spacial score (nSPS) is 18.8. The minimum Gasteiger partial charge on any atom is -0.497 e. The van der Waals surface area contributed by atoms with Gasteiger partial charge in [-0.3, -0.25) is 0 Å². The second-order valence-electron chi connectivity index (χ2n) is 4.97. The Kier molecular flexibility index (Phi) is 4.02. The second kappa shape index (κ2) is 5.52. The maximum Gasteiger partial charge on any atom is 0.119 e. The zero-order valence-electron chi connectivity index (χ0n) is 10.3. The summed E-state index contributed by atoms with van der Waals surface area (Å²) in [6, 6.07) is 7.68. The summed E-state index contributed by atoms with van der Waals surface area (Å²) < 4.78 is 5.16. The Morgan fingerprint density at radius 1 is 1.47 bits per heavy atom. The molecule has 1 saturated carbocycles. The zero-order chi connectivity index (χ0) is 12.3. The van der Waals surface area contributed by atoms with Gasteiger partial charge in [-0.1, -0.05) is 25.0 Å². The van der Waals surface area contributed by atoms with E-state index in [9.17, 15) is 5.11 Å². The Hall–Kier alpha value is -1.06. The van der Waals surface area contributed by atoms with E-state index in [0.717, 1.165) is 23.7 Å². The van der Waals surface area contributed by atoms with E-state index in [0.29, 0.717) is 6.42 Å². The predicted molar refractivity (Wildman–Crippen MR) is 68.0 cm³/mol. The molecule has 0 spiro atoms. The average molecular weight is 235 g/mol. The molecule has 1 aromatic carbocycles. The van der Waals surface area contributed by atoms with Gasteiger partial charge >= 0.3 is 0 Å². The third-order valence-corrected chi connectivity index (χ3v) is 3.38. The molecule has 2 atom stereocenters. The first-order valence-electron chi connectivity index (χ1n) is 6.25. The zero-order valence-corrected chi connectivity index (χ0v) is 10.3. The molecule has 1 fully saturated rings. The molecule has 0 aromatic heterocycles. The Balaban J connectivity index is 1.89. The summed E-state index contributed by atoms with van der Waals surface area (Å²) >= 11 is 0. The lowest BCUT2D eigenvalue weighted by molar-refractivity contribution is 0.138. The lowest BCUT2D eigenvalue weighted by Crippen LogP contribution is -2.36. The van der Waals surface area contributed by atoms with E-state index in [2.05, 4.69) is 0 Å². The fourth-order valence-corrected chi connectivity index (χ4v) is 2.09. The van der Waals surface area contributed by atoms with Crippen LogP contribution in [-0.4, -0.2) is 24.4 Å². The van der Waals surface area contributed by atoms with Gasteiger partial charge in [0.1, 0.15) is 5.75 Å². The monoisotopic (exact) mass is 235 g/mol. The first-order chi connectivity index (χ1) is 8.19. The van der Waals surface area contributed by atoms with Gasteiger partial charge in [0.25, 0.3) is 0 Å². The van der Waals surface area contributed by atoms with Crippen molar-refractivity contribution in [1.82, 2.24) is 0 Å². The predicted octanol–water partition coefficient (Wildman–Crippen LogP) is 1.73. The van der Waals surface area contributed by atoms with E-state index in [4.69, 9.17) is 10.5 Å². The van der Waals surface area contributed by atoms with Gasteiger partial charge in [-0.15, -0.1) is 0 Å². The molecule has 3 heteroatoms. The number of methoxy groups -OCH3 is 1. The van der Waals surface area contributed by atoms with E-state index in [-0.39, 0.29) is 6.04 Å². The van der Waals surface area contributed by atoms with Crippen LogP contribution in [-0.2, 0) is 6.42 Å². The molecule has 0 heterocycles. The van der Waals surface area contributed by atoms with Gasteiger partial charge in [0.05, 0.1) is 13.2 Å². The van der Waals surface area contributed by atoms with E-state index >= 15 is 0 Å². The molecule has 17 heavy (non-hydrogen) atoms. The van der Waals surface area contributed by atoms with Crippen molar-refractivity contribution in [2.45, 2.75) is 37.8 Å². The third kappa shape index (κ3) is 3.72. The van der Waals surface area contributed by atoms with Gasteiger partial charge in [0.2, 0.25) is 0 Å². The molecular formula is C14H21NO2. The fraction of sp³-hybridized carbons (Fsp3) is 0.571. The van der Waals surface area contributed by atoms with E-state index < -0.39 is 6.10 Å². The smallest absolute Gasteiger partial charge is 0.119 e. The summed E-state index contributed by atoms with van der Waals surface area (Å²) in [6.45, 7) is 0. The number of nitrogens with two attached hydrogens (primary N) is 1. The number of ether oxygens (including phenoxy) is 1. The van der Waals surface area contributed by atoms with Gasteiger partial charge < -0.3 is 15.6 Å². The van der Waals surface area contributed by atoms with Crippen LogP contribution in [0.25, 0.3) is 0 Å². The molecule has 1 aliphatic rings. The molecule has 2 rings (SSSR count). The first-order valence-corrected chi connectivity index (χ1v) is 6.25. The third-order valence-electron chi connectivity index (χ3n) is 3.38. The molecule has 0 amide bonds. The van der Waals surface area contributed by atoms with Crippen molar-refractivity contribution >= 4 is 0 Å². The van der Waals surface area contributed by atoms with Crippen LogP contribution in [0, 0.1) is 5.92 Å². The highest BCUT2D eigenvalue weighted by atomic mass is 16.5. The number of benzene rings is 1. The molecule has 0 aliphatic heterocycles. The van der Waals surface area contributed by atoms with Crippen molar-refractivity contribution in [3.8, 4) is 5.75 Å². The van der Waals surface area contributed by atoms with Crippen LogP contribution < -0.4 is 10.5 Å². The average Bonchev–Trinajstić information content (AvgIpc) is 3.13. The number of hydrogen-bond donors (Lipinski definition) is 2. The fourth-order valence-electron chi connectivity index (χ4n) is 2.09. The van der Waals surface area contributed by atoms with Gasteiger partial charge in [-0.25, -0.2) is 0 Å². The largest absolute Gasteiger partial charge is 0.497 e. The van der Waals surface area contributed by atoms with Gasteiger partial charge in [0, 0.05) is 12.5 Å². The standard InChI is InChI=1S/C14H21NO2/c1-17-12-4-2-3-11(7-12)9-14(16)13(15)8-10-5-6-10/h2-4,7,10,13-14,16H,5-6,8-9,15H2,1H3. The molecule has 2 unspecified atom stereocenters. The Morgan fingerprint density at radius 3 is 2.88 bits per heavy atom. The summed E-state index contributed by atoms with van der Waals surface area (Å²) in [6.07, 6.45) is 3.65. The summed E-state index contributed by atoms with van der Waals surface area (Å²) in [5.41, 5.74) is 7.07. The Bertz CT molecular complexity index is 363. The van der Waals surface area contributed by atoms with Crippen LogP contribution in [0.1, 0.15) is 24.8 Å². The van der Waals surface area contributed by atoms with Gasteiger partial charge in [-0.2, -0.15) is 0 Å². The van der Waals surface area contributed by atoms with Crippen LogP contribution in [0.15, 0.2) is 24.3 Å². The Morgan fingerprint density at radius 2 is 2.24 bits per heavy atom. The molecule has 1 aromatic rings. The molecule has 0 radical (unpaired) electrons. The molecule has 0 saturated heterocycles. The van der Waals surface area contributed by atoms with Crippen molar-refractivity contribution in [1.29, 1.82) is 0 Å². The topological polar surface area (TPSA) is 55.5 Å². The molecule has 94 valence electrons. The first kappa shape index (κ1) is 12.4.